The smallest absolute Gasteiger partial charge is 0.227 e. The maximum atomic E-state index is 12.9. The van der Waals surface area contributed by atoms with E-state index in [1.807, 2.05) is 18.5 Å². The van der Waals surface area contributed by atoms with E-state index in [4.69, 9.17) is 0 Å². The normalized spacial score (nSPS) is 10.9. The second kappa shape index (κ2) is 7.82. The first-order valence-electron chi connectivity index (χ1n) is 8.19. The number of hydrogen-bond acceptors (Lipinski definition) is 3. The number of aryl methyl sites for hydroxylation is 2. The lowest BCUT2D eigenvalue weighted by Gasteiger charge is -2.05. The first kappa shape index (κ1) is 18.3. The van der Waals surface area contributed by atoms with Crippen LogP contribution in [0.1, 0.15) is 23.4 Å². The topological polar surface area (TPSA) is 64.7 Å². The molecule has 1 N–H and O–H groups in total. The van der Waals surface area contributed by atoms with Crippen LogP contribution in [0.15, 0.2) is 41.0 Å². The number of anilines is 1. The molecule has 0 atom stereocenters. The molecule has 0 aliphatic carbocycles. The lowest BCUT2D eigenvalue weighted by molar-refractivity contribution is -0.116. The Morgan fingerprint density at radius 2 is 1.92 bits per heavy atom. The van der Waals surface area contributed by atoms with Crippen LogP contribution in [-0.2, 0) is 17.9 Å². The third kappa shape index (κ3) is 4.37. The number of benzene rings is 1. The van der Waals surface area contributed by atoms with E-state index >= 15 is 0 Å². The second-order valence-electron chi connectivity index (χ2n) is 6.03. The fraction of sp³-hybridized carbons (Fsp3) is 0.278. The Morgan fingerprint density at radius 3 is 2.58 bits per heavy atom. The highest BCUT2D eigenvalue weighted by molar-refractivity contribution is 9.10. The van der Waals surface area contributed by atoms with Crippen molar-refractivity contribution in [2.45, 2.75) is 33.4 Å². The van der Waals surface area contributed by atoms with Crippen molar-refractivity contribution in [3.8, 4) is 0 Å². The van der Waals surface area contributed by atoms with Crippen molar-refractivity contribution in [2.24, 2.45) is 0 Å². The van der Waals surface area contributed by atoms with Crippen molar-refractivity contribution < 1.29 is 9.18 Å². The number of halogens is 2. The molecule has 1 aromatic carbocycles. The Labute approximate surface area is 159 Å². The molecule has 2 heterocycles. The molecule has 2 aromatic heterocycles. The molecule has 1 amide bonds. The molecule has 26 heavy (non-hydrogen) atoms. The Morgan fingerprint density at radius 1 is 1.19 bits per heavy atom. The van der Waals surface area contributed by atoms with Gasteiger partial charge in [-0.1, -0.05) is 12.1 Å². The molecule has 0 saturated heterocycles. The molecule has 8 heteroatoms. The number of nitrogens with one attached hydrogen (secondary N) is 1. The molecule has 6 nitrogen and oxygen atoms in total. The zero-order chi connectivity index (χ0) is 18.7. The van der Waals surface area contributed by atoms with Crippen molar-refractivity contribution in [2.75, 3.05) is 5.32 Å². The number of carbonyl (C=O) groups is 1. The van der Waals surface area contributed by atoms with Gasteiger partial charge in [0.1, 0.15) is 5.82 Å². The molecule has 0 saturated carbocycles. The van der Waals surface area contributed by atoms with Crippen LogP contribution in [-0.4, -0.2) is 25.5 Å². The van der Waals surface area contributed by atoms with Crippen LogP contribution >= 0.6 is 15.9 Å². The maximum absolute atomic E-state index is 12.9. The van der Waals surface area contributed by atoms with Crippen LogP contribution < -0.4 is 5.32 Å². The van der Waals surface area contributed by atoms with Crippen LogP contribution in [0.4, 0.5) is 10.2 Å². The number of aromatic nitrogens is 4. The quantitative estimate of drug-likeness (QED) is 0.662. The number of hydrogen-bond donors (Lipinski definition) is 1. The Kier molecular flexibility index (Phi) is 5.51. The lowest BCUT2D eigenvalue weighted by Crippen LogP contribution is -2.16. The molecule has 3 aromatic rings. The van der Waals surface area contributed by atoms with E-state index < -0.39 is 0 Å². The number of rotatable bonds is 6. The van der Waals surface area contributed by atoms with Crippen LogP contribution in [0.5, 0.6) is 0 Å². The standard InChI is InChI=1S/C18H19BrFN5O/c1-12-18(19)13(2)25(22-12)10-8-17(26)21-16-7-9-24(23-16)11-14-3-5-15(20)6-4-14/h3-7,9H,8,10-11H2,1-2H3,(H,21,23,26). The third-order valence-corrected chi connectivity index (χ3v) is 5.16. The average Bonchev–Trinajstić information content (AvgIpc) is 3.15. The third-order valence-electron chi connectivity index (χ3n) is 4.01. The highest BCUT2D eigenvalue weighted by atomic mass is 79.9. The van der Waals surface area contributed by atoms with Crippen molar-refractivity contribution in [3.05, 3.63) is 63.8 Å². The fourth-order valence-corrected chi connectivity index (χ4v) is 2.88. The van der Waals surface area contributed by atoms with Gasteiger partial charge in [-0.05, 0) is 47.5 Å². The van der Waals surface area contributed by atoms with Gasteiger partial charge in [0.05, 0.1) is 23.3 Å². The number of amides is 1. The van der Waals surface area contributed by atoms with E-state index in [0.29, 0.717) is 25.3 Å². The molecular formula is C18H19BrFN5O. The van der Waals surface area contributed by atoms with Gasteiger partial charge < -0.3 is 5.32 Å². The van der Waals surface area contributed by atoms with Gasteiger partial charge in [-0.2, -0.15) is 10.2 Å². The molecule has 0 aliphatic heterocycles. The summed E-state index contributed by atoms with van der Waals surface area (Å²) in [6, 6.07) is 7.99. The molecule has 0 spiro atoms. The molecule has 0 radical (unpaired) electrons. The highest BCUT2D eigenvalue weighted by Gasteiger charge is 2.11. The summed E-state index contributed by atoms with van der Waals surface area (Å²) in [5.41, 5.74) is 2.84. The predicted molar refractivity (Wildman–Crippen MR) is 100 cm³/mol. The minimum Gasteiger partial charge on any atom is -0.309 e. The van der Waals surface area contributed by atoms with Crippen molar-refractivity contribution >= 4 is 27.7 Å². The zero-order valence-corrected chi connectivity index (χ0v) is 16.1. The van der Waals surface area contributed by atoms with Crippen molar-refractivity contribution in [1.29, 1.82) is 0 Å². The van der Waals surface area contributed by atoms with Gasteiger partial charge in [0.2, 0.25) is 5.91 Å². The van der Waals surface area contributed by atoms with Crippen molar-refractivity contribution in [1.82, 2.24) is 19.6 Å². The minimum absolute atomic E-state index is 0.124. The average molecular weight is 420 g/mol. The second-order valence-corrected chi connectivity index (χ2v) is 6.82. The largest absolute Gasteiger partial charge is 0.309 e. The van der Waals surface area contributed by atoms with Gasteiger partial charge in [0.15, 0.2) is 5.82 Å². The van der Waals surface area contributed by atoms with Crippen LogP contribution in [0.3, 0.4) is 0 Å². The Bertz CT molecular complexity index is 916. The zero-order valence-electron chi connectivity index (χ0n) is 14.5. The highest BCUT2D eigenvalue weighted by Crippen LogP contribution is 2.19. The Hall–Kier alpha value is -2.48. The molecule has 136 valence electrons. The molecule has 0 unspecified atom stereocenters. The lowest BCUT2D eigenvalue weighted by atomic mass is 10.2. The summed E-state index contributed by atoms with van der Waals surface area (Å²) in [6.45, 7) is 4.89. The van der Waals surface area contributed by atoms with Gasteiger partial charge >= 0.3 is 0 Å². The van der Waals surface area contributed by atoms with E-state index in [-0.39, 0.29) is 11.7 Å². The predicted octanol–water partition coefficient (Wildman–Crippen LogP) is 3.68. The van der Waals surface area contributed by atoms with Crippen molar-refractivity contribution in [3.63, 3.8) is 0 Å². The van der Waals surface area contributed by atoms with Crippen LogP contribution in [0.2, 0.25) is 0 Å². The number of carbonyl (C=O) groups excluding carboxylic acids is 1. The summed E-state index contributed by atoms with van der Waals surface area (Å²) < 4.78 is 17.4. The number of nitrogens with zero attached hydrogens (tertiary/aromatic N) is 4. The molecular weight excluding hydrogens is 401 g/mol. The summed E-state index contributed by atoms with van der Waals surface area (Å²) in [5, 5.41) is 11.5. The van der Waals surface area contributed by atoms with E-state index in [9.17, 15) is 9.18 Å². The van der Waals surface area contributed by atoms with Gasteiger partial charge in [-0.3, -0.25) is 14.2 Å². The van der Waals surface area contributed by atoms with E-state index in [0.717, 1.165) is 21.4 Å². The SMILES string of the molecule is Cc1nn(CCC(=O)Nc2ccn(Cc3ccc(F)cc3)n2)c(C)c1Br. The molecule has 0 fully saturated rings. The Balaban J connectivity index is 1.54. The van der Waals surface area contributed by atoms with Gasteiger partial charge in [-0.25, -0.2) is 4.39 Å². The summed E-state index contributed by atoms with van der Waals surface area (Å²) >= 11 is 3.48. The van der Waals surface area contributed by atoms with Gasteiger partial charge in [0.25, 0.3) is 0 Å². The van der Waals surface area contributed by atoms with E-state index in [1.165, 1.54) is 12.1 Å². The van der Waals surface area contributed by atoms with Gasteiger partial charge in [-0.15, -0.1) is 0 Å². The minimum atomic E-state index is -0.267. The summed E-state index contributed by atoms with van der Waals surface area (Å²) in [5.74, 6) is 0.101. The molecule has 3 rings (SSSR count). The summed E-state index contributed by atoms with van der Waals surface area (Å²) in [4.78, 5) is 12.1. The first-order valence-corrected chi connectivity index (χ1v) is 8.99. The van der Waals surface area contributed by atoms with E-state index in [1.54, 1.807) is 29.1 Å². The maximum Gasteiger partial charge on any atom is 0.227 e. The fourth-order valence-electron chi connectivity index (χ4n) is 2.60. The summed E-state index contributed by atoms with van der Waals surface area (Å²) in [6.07, 6.45) is 2.08. The van der Waals surface area contributed by atoms with Gasteiger partial charge in [0, 0.05) is 24.4 Å². The van der Waals surface area contributed by atoms with Crippen LogP contribution in [0, 0.1) is 19.7 Å². The molecule has 0 bridgehead atoms. The van der Waals surface area contributed by atoms with E-state index in [2.05, 4.69) is 31.4 Å². The summed E-state index contributed by atoms with van der Waals surface area (Å²) in [7, 11) is 0. The molecule has 0 aliphatic rings. The first-order chi connectivity index (χ1) is 12.4. The van der Waals surface area contributed by atoms with Crippen LogP contribution in [0.25, 0.3) is 0 Å². The monoisotopic (exact) mass is 419 g/mol.